The Bertz CT molecular complexity index is 819. The molecule has 1 amide bonds. The normalized spacial score (nSPS) is 23.5. The predicted molar refractivity (Wildman–Crippen MR) is 119 cm³/mol. The number of nitrogens with one attached hydrogen (secondary N) is 2. The van der Waals surface area contributed by atoms with Gasteiger partial charge in [0.15, 0.2) is 0 Å². The van der Waals surface area contributed by atoms with Crippen molar-refractivity contribution in [3.8, 4) is 0 Å². The van der Waals surface area contributed by atoms with E-state index in [1.54, 1.807) is 0 Å². The Hall–Kier alpha value is -2.41. The Labute approximate surface area is 179 Å². The summed E-state index contributed by atoms with van der Waals surface area (Å²) in [6.45, 7) is 2.03. The molecule has 160 valence electrons. The van der Waals surface area contributed by atoms with Crippen molar-refractivity contribution < 1.29 is 9.53 Å². The van der Waals surface area contributed by atoms with Gasteiger partial charge < -0.3 is 14.5 Å². The van der Waals surface area contributed by atoms with Gasteiger partial charge in [0.1, 0.15) is 6.04 Å². The average molecular weight is 409 g/mol. The van der Waals surface area contributed by atoms with E-state index in [2.05, 4.69) is 52.1 Å². The van der Waals surface area contributed by atoms with Gasteiger partial charge in [0.25, 0.3) is 0 Å². The van der Waals surface area contributed by atoms with Crippen molar-refractivity contribution >= 4 is 11.6 Å². The minimum absolute atomic E-state index is 0.133. The molecule has 6 nitrogen and oxygen atoms in total. The van der Waals surface area contributed by atoms with Crippen molar-refractivity contribution in [3.63, 3.8) is 0 Å². The summed E-state index contributed by atoms with van der Waals surface area (Å²) in [5.41, 5.74) is 10.0. The molecule has 0 saturated carbocycles. The second kappa shape index (κ2) is 9.60. The van der Waals surface area contributed by atoms with E-state index in [9.17, 15) is 4.79 Å². The van der Waals surface area contributed by atoms with Crippen LogP contribution in [0.15, 0.2) is 54.6 Å². The van der Waals surface area contributed by atoms with Gasteiger partial charge in [-0.1, -0.05) is 42.5 Å². The first kappa shape index (κ1) is 20.8. The molecular formula is C24H32N4O2. The quantitative estimate of drug-likeness (QED) is 0.738. The van der Waals surface area contributed by atoms with Crippen LogP contribution in [0.5, 0.6) is 0 Å². The highest BCUT2D eigenvalue weighted by atomic mass is 16.5. The molecule has 3 atom stereocenters. The molecule has 0 spiro atoms. The van der Waals surface area contributed by atoms with Crippen LogP contribution in [0.2, 0.25) is 0 Å². The van der Waals surface area contributed by atoms with Gasteiger partial charge >= 0.3 is 0 Å². The minimum atomic E-state index is -0.238. The van der Waals surface area contributed by atoms with Crippen molar-refractivity contribution in [3.05, 3.63) is 65.7 Å². The summed E-state index contributed by atoms with van der Waals surface area (Å²) in [6.07, 6.45) is 2.97. The number of nitrogens with zero attached hydrogens (tertiary/aromatic N) is 2. The monoisotopic (exact) mass is 408 g/mol. The molecule has 0 bridgehead atoms. The van der Waals surface area contributed by atoms with Crippen LogP contribution in [0.25, 0.3) is 0 Å². The Balaban J connectivity index is 1.45. The van der Waals surface area contributed by atoms with E-state index in [4.69, 9.17) is 4.74 Å². The maximum absolute atomic E-state index is 13.4. The molecule has 0 aromatic heterocycles. The topological polar surface area (TPSA) is 56.8 Å². The van der Waals surface area contributed by atoms with E-state index in [0.29, 0.717) is 13.1 Å². The maximum Gasteiger partial charge on any atom is 0.241 e. The van der Waals surface area contributed by atoms with Crippen molar-refractivity contribution in [2.75, 3.05) is 32.1 Å². The fourth-order valence-electron chi connectivity index (χ4n) is 4.23. The Morgan fingerprint density at radius 1 is 1.07 bits per heavy atom. The molecular weight excluding hydrogens is 376 g/mol. The van der Waals surface area contributed by atoms with Crippen LogP contribution >= 0.6 is 0 Å². The number of carbonyl (C=O) groups is 1. The van der Waals surface area contributed by atoms with Crippen molar-refractivity contribution in [1.82, 2.24) is 15.8 Å². The molecule has 2 aliphatic rings. The number of hydrazine groups is 1. The Morgan fingerprint density at radius 3 is 2.50 bits per heavy atom. The van der Waals surface area contributed by atoms with Crippen LogP contribution in [0.3, 0.4) is 0 Å². The second-order valence-corrected chi connectivity index (χ2v) is 8.45. The first-order valence-electron chi connectivity index (χ1n) is 10.8. The molecule has 30 heavy (non-hydrogen) atoms. The van der Waals surface area contributed by atoms with Gasteiger partial charge in [-0.15, -0.1) is 0 Å². The molecule has 2 aromatic rings. The molecule has 3 unspecified atom stereocenters. The van der Waals surface area contributed by atoms with E-state index >= 15 is 0 Å². The van der Waals surface area contributed by atoms with Crippen LogP contribution < -0.4 is 15.8 Å². The number of carbonyl (C=O) groups excluding carboxylic acids is 1. The lowest BCUT2D eigenvalue weighted by molar-refractivity contribution is -0.135. The number of hydrogen-bond donors (Lipinski definition) is 2. The number of benzene rings is 2. The zero-order valence-electron chi connectivity index (χ0n) is 17.9. The first-order valence-corrected chi connectivity index (χ1v) is 10.8. The number of rotatable bonds is 7. The summed E-state index contributed by atoms with van der Waals surface area (Å²) in [5.74, 6) is 0.133. The highest BCUT2D eigenvalue weighted by Gasteiger charge is 2.34. The molecule has 2 aromatic carbocycles. The highest BCUT2D eigenvalue weighted by Crippen LogP contribution is 2.24. The third-order valence-corrected chi connectivity index (χ3v) is 5.99. The summed E-state index contributed by atoms with van der Waals surface area (Å²) < 4.78 is 5.84. The average Bonchev–Trinajstić information content (AvgIpc) is 3.46. The van der Waals surface area contributed by atoms with Gasteiger partial charge in [-0.05, 0) is 42.5 Å². The van der Waals surface area contributed by atoms with Crippen LogP contribution in [0, 0.1) is 0 Å². The molecule has 0 aliphatic carbocycles. The van der Waals surface area contributed by atoms with Crippen LogP contribution in [-0.2, 0) is 16.1 Å². The zero-order valence-corrected chi connectivity index (χ0v) is 17.9. The minimum Gasteiger partial charge on any atom is -0.378 e. The smallest absolute Gasteiger partial charge is 0.241 e. The van der Waals surface area contributed by atoms with Crippen LogP contribution in [0.4, 0.5) is 5.69 Å². The lowest BCUT2D eigenvalue weighted by atomic mass is 10.0. The van der Waals surface area contributed by atoms with Crippen LogP contribution in [-0.4, -0.2) is 50.2 Å². The van der Waals surface area contributed by atoms with Crippen molar-refractivity contribution in [1.29, 1.82) is 0 Å². The van der Waals surface area contributed by atoms with Crippen molar-refractivity contribution in [2.24, 2.45) is 0 Å². The lowest BCUT2D eigenvalue weighted by Crippen LogP contribution is -2.47. The summed E-state index contributed by atoms with van der Waals surface area (Å²) >= 11 is 0. The number of ether oxygens (including phenoxy) is 1. The largest absolute Gasteiger partial charge is 0.378 e. The van der Waals surface area contributed by atoms with E-state index in [-0.39, 0.29) is 24.1 Å². The fraction of sp³-hybridized carbons (Fsp3) is 0.458. The van der Waals surface area contributed by atoms with Gasteiger partial charge in [-0.2, -0.15) is 0 Å². The van der Waals surface area contributed by atoms with Gasteiger partial charge in [0, 0.05) is 45.5 Å². The van der Waals surface area contributed by atoms with Crippen molar-refractivity contribution in [2.45, 2.75) is 44.0 Å². The summed E-state index contributed by atoms with van der Waals surface area (Å²) in [5, 5.41) is 0. The van der Waals surface area contributed by atoms with E-state index in [1.807, 2.05) is 37.2 Å². The fourth-order valence-corrected chi connectivity index (χ4v) is 4.23. The third-order valence-electron chi connectivity index (χ3n) is 5.99. The summed E-state index contributed by atoms with van der Waals surface area (Å²) in [7, 11) is 4.06. The van der Waals surface area contributed by atoms with E-state index in [1.165, 1.54) is 5.56 Å². The summed E-state index contributed by atoms with van der Waals surface area (Å²) in [4.78, 5) is 17.5. The first-order chi connectivity index (χ1) is 14.6. The molecule has 6 heteroatoms. The molecule has 2 aliphatic heterocycles. The Kier molecular flexibility index (Phi) is 6.67. The third kappa shape index (κ3) is 5.01. The number of hydrogen-bond acceptors (Lipinski definition) is 5. The SMILES string of the molecule is CN(C)c1ccc(CN(CC2CCCO2)C(=O)C2CC(c3ccccc3)NN2)cc1. The molecule has 2 heterocycles. The second-order valence-electron chi connectivity index (χ2n) is 8.45. The molecule has 2 saturated heterocycles. The van der Waals surface area contributed by atoms with E-state index < -0.39 is 0 Å². The zero-order chi connectivity index (χ0) is 20.9. The van der Waals surface area contributed by atoms with Gasteiger partial charge in [0.2, 0.25) is 5.91 Å². The molecule has 4 rings (SSSR count). The predicted octanol–water partition coefficient (Wildman–Crippen LogP) is 2.87. The van der Waals surface area contributed by atoms with E-state index in [0.717, 1.165) is 37.1 Å². The molecule has 0 radical (unpaired) electrons. The number of amides is 1. The summed E-state index contributed by atoms with van der Waals surface area (Å²) in [6, 6.07) is 18.6. The Morgan fingerprint density at radius 2 is 1.83 bits per heavy atom. The molecule has 2 N–H and O–H groups in total. The van der Waals surface area contributed by atoms with Gasteiger partial charge in [-0.3, -0.25) is 4.79 Å². The highest BCUT2D eigenvalue weighted by molar-refractivity contribution is 5.82. The number of anilines is 1. The van der Waals surface area contributed by atoms with Gasteiger partial charge in [0.05, 0.1) is 6.10 Å². The van der Waals surface area contributed by atoms with Gasteiger partial charge in [-0.25, -0.2) is 10.9 Å². The molecule has 2 fully saturated rings. The van der Waals surface area contributed by atoms with Crippen LogP contribution in [0.1, 0.15) is 36.4 Å². The maximum atomic E-state index is 13.4. The lowest BCUT2D eigenvalue weighted by Gasteiger charge is -2.28. The standard InChI is InChI=1S/C24H32N4O2/c1-27(2)20-12-10-18(11-13-20)16-28(17-21-9-6-14-30-21)24(29)23-15-22(25-26-23)19-7-4-3-5-8-19/h3-5,7-8,10-13,21-23,25-26H,6,9,14-17H2,1-2H3.